The van der Waals surface area contributed by atoms with Crippen LogP contribution in [0.2, 0.25) is 0 Å². The highest BCUT2D eigenvalue weighted by Gasteiger charge is 2.14. The predicted molar refractivity (Wildman–Crippen MR) is 114 cm³/mol. The summed E-state index contributed by atoms with van der Waals surface area (Å²) >= 11 is 0. The zero-order valence-corrected chi connectivity index (χ0v) is 16.1. The van der Waals surface area contributed by atoms with Crippen LogP contribution in [0.3, 0.4) is 0 Å². The lowest BCUT2D eigenvalue weighted by molar-refractivity contribution is -0.120. The van der Waals surface area contributed by atoms with Gasteiger partial charge in [-0.1, -0.05) is 72.8 Å². The number of benzene rings is 3. The lowest BCUT2D eigenvalue weighted by Gasteiger charge is -2.14. The Labute approximate surface area is 170 Å². The van der Waals surface area contributed by atoms with Gasteiger partial charge in [0.2, 0.25) is 5.91 Å². The number of hydrogen-bond donors (Lipinski definition) is 2. The van der Waals surface area contributed by atoms with Crippen molar-refractivity contribution in [3.63, 3.8) is 0 Å². The summed E-state index contributed by atoms with van der Waals surface area (Å²) in [4.78, 5) is 24.4. The van der Waals surface area contributed by atoms with Gasteiger partial charge in [0.25, 0.3) is 5.91 Å². The summed E-state index contributed by atoms with van der Waals surface area (Å²) in [7, 11) is 0. The summed E-state index contributed by atoms with van der Waals surface area (Å²) < 4.78 is 5.88. The maximum Gasteiger partial charge on any atom is 0.272 e. The number of hydrogen-bond acceptors (Lipinski definition) is 3. The molecule has 0 aliphatic carbocycles. The van der Waals surface area contributed by atoms with Crippen molar-refractivity contribution in [1.82, 2.24) is 5.32 Å². The van der Waals surface area contributed by atoms with Gasteiger partial charge in [0, 0.05) is 6.92 Å². The van der Waals surface area contributed by atoms with Crippen molar-refractivity contribution >= 4 is 23.6 Å². The van der Waals surface area contributed by atoms with Gasteiger partial charge < -0.3 is 15.4 Å². The van der Waals surface area contributed by atoms with Gasteiger partial charge in [0.05, 0.1) is 5.69 Å². The highest BCUT2D eigenvalue weighted by Crippen LogP contribution is 2.25. The van der Waals surface area contributed by atoms with Gasteiger partial charge in [0.1, 0.15) is 18.1 Å². The van der Waals surface area contributed by atoms with Crippen LogP contribution < -0.4 is 15.4 Å². The van der Waals surface area contributed by atoms with Gasteiger partial charge in [-0.25, -0.2) is 0 Å². The highest BCUT2D eigenvalue weighted by atomic mass is 16.5. The van der Waals surface area contributed by atoms with Crippen LogP contribution in [0.25, 0.3) is 6.08 Å². The third-order valence-electron chi connectivity index (χ3n) is 4.04. The highest BCUT2D eigenvalue weighted by molar-refractivity contribution is 6.09. The zero-order chi connectivity index (χ0) is 20.5. The van der Waals surface area contributed by atoms with Crippen LogP contribution in [0.15, 0.2) is 90.6 Å². The van der Waals surface area contributed by atoms with Crippen molar-refractivity contribution in [2.24, 2.45) is 0 Å². The van der Waals surface area contributed by atoms with Gasteiger partial charge >= 0.3 is 0 Å². The summed E-state index contributed by atoms with van der Waals surface area (Å²) in [6.07, 6.45) is 1.63. The first-order chi connectivity index (χ1) is 14.1. The average Bonchev–Trinajstić information content (AvgIpc) is 2.74. The first kappa shape index (κ1) is 19.9. The molecule has 2 N–H and O–H groups in total. The van der Waals surface area contributed by atoms with E-state index in [1.807, 2.05) is 72.8 Å². The van der Waals surface area contributed by atoms with Crippen LogP contribution in [0.4, 0.5) is 5.69 Å². The second-order valence-corrected chi connectivity index (χ2v) is 6.37. The quantitative estimate of drug-likeness (QED) is 0.592. The Hall–Kier alpha value is -3.86. The summed E-state index contributed by atoms with van der Waals surface area (Å²) in [5.74, 6) is -0.206. The smallest absolute Gasteiger partial charge is 0.272 e. The number of nitrogens with one attached hydrogen (secondary N) is 2. The van der Waals surface area contributed by atoms with Crippen molar-refractivity contribution in [1.29, 1.82) is 0 Å². The standard InChI is InChI=1S/C24H22N2O3/c1-18(27)25-22(16-19-10-4-2-5-11-19)24(28)26-21-14-8-9-15-23(21)29-17-20-12-6-3-7-13-20/h2-16H,17H2,1H3,(H,25,27)(H,26,28)/b22-16-. The van der Waals surface area contributed by atoms with Crippen molar-refractivity contribution in [3.8, 4) is 5.75 Å². The molecule has 146 valence electrons. The minimum absolute atomic E-state index is 0.154. The monoisotopic (exact) mass is 386 g/mol. The van der Waals surface area contributed by atoms with Gasteiger partial charge in [-0.05, 0) is 29.3 Å². The molecule has 0 aromatic heterocycles. The third-order valence-corrected chi connectivity index (χ3v) is 4.04. The first-order valence-corrected chi connectivity index (χ1v) is 9.23. The van der Waals surface area contributed by atoms with E-state index in [-0.39, 0.29) is 11.6 Å². The Morgan fingerprint density at radius 1 is 0.862 bits per heavy atom. The van der Waals surface area contributed by atoms with Crippen molar-refractivity contribution in [2.75, 3.05) is 5.32 Å². The average molecular weight is 386 g/mol. The van der Waals surface area contributed by atoms with Crippen LogP contribution in [-0.4, -0.2) is 11.8 Å². The van der Waals surface area contributed by atoms with Crippen molar-refractivity contribution < 1.29 is 14.3 Å². The maximum atomic E-state index is 12.8. The number of ether oxygens (including phenoxy) is 1. The molecular weight excluding hydrogens is 364 g/mol. The topological polar surface area (TPSA) is 67.4 Å². The van der Waals surface area contributed by atoms with Gasteiger partial charge in [-0.2, -0.15) is 0 Å². The molecule has 0 atom stereocenters. The molecule has 0 fully saturated rings. The maximum absolute atomic E-state index is 12.8. The van der Waals surface area contributed by atoms with Gasteiger partial charge in [0.15, 0.2) is 0 Å². The lowest BCUT2D eigenvalue weighted by atomic mass is 10.2. The van der Waals surface area contributed by atoms with E-state index >= 15 is 0 Å². The molecule has 3 aromatic rings. The predicted octanol–water partition coefficient (Wildman–Crippen LogP) is 4.38. The lowest BCUT2D eigenvalue weighted by Crippen LogP contribution is -2.29. The SMILES string of the molecule is CC(=O)N/C(=C\c1ccccc1)C(=O)Nc1ccccc1OCc1ccccc1. The summed E-state index contributed by atoms with van der Waals surface area (Å²) in [5.41, 5.74) is 2.51. The van der Waals surface area contributed by atoms with E-state index in [0.29, 0.717) is 18.0 Å². The molecule has 5 heteroatoms. The normalized spacial score (nSPS) is 10.9. The Balaban J connectivity index is 1.77. The molecule has 0 heterocycles. The number of amides is 2. The fourth-order valence-corrected chi connectivity index (χ4v) is 2.68. The summed E-state index contributed by atoms with van der Waals surface area (Å²) in [5, 5.41) is 5.42. The Morgan fingerprint density at radius 3 is 2.17 bits per heavy atom. The molecule has 0 bridgehead atoms. The number of carbonyl (C=O) groups is 2. The first-order valence-electron chi connectivity index (χ1n) is 9.23. The molecule has 3 aromatic carbocycles. The molecule has 0 aliphatic rings. The minimum Gasteiger partial charge on any atom is -0.487 e. The molecule has 5 nitrogen and oxygen atoms in total. The summed E-state index contributed by atoms with van der Waals surface area (Å²) in [6, 6.07) is 26.3. The van der Waals surface area contributed by atoms with E-state index < -0.39 is 5.91 Å². The molecule has 2 amide bonds. The molecule has 0 spiro atoms. The van der Waals surface area contributed by atoms with E-state index in [9.17, 15) is 9.59 Å². The van der Waals surface area contributed by atoms with Crippen LogP contribution in [0.1, 0.15) is 18.1 Å². The van der Waals surface area contributed by atoms with E-state index in [2.05, 4.69) is 10.6 Å². The summed E-state index contributed by atoms with van der Waals surface area (Å²) in [6.45, 7) is 1.75. The van der Waals surface area contributed by atoms with Crippen molar-refractivity contribution in [2.45, 2.75) is 13.5 Å². The molecule has 0 radical (unpaired) electrons. The van der Waals surface area contributed by atoms with E-state index in [0.717, 1.165) is 11.1 Å². The number of para-hydroxylation sites is 2. The molecule has 3 rings (SSSR count). The number of rotatable bonds is 7. The van der Waals surface area contributed by atoms with Crippen LogP contribution in [-0.2, 0) is 16.2 Å². The molecule has 0 unspecified atom stereocenters. The van der Waals surface area contributed by atoms with E-state index in [1.165, 1.54) is 6.92 Å². The molecule has 0 saturated carbocycles. The van der Waals surface area contributed by atoms with Crippen molar-refractivity contribution in [3.05, 3.63) is 102 Å². The second-order valence-electron chi connectivity index (χ2n) is 6.37. The largest absolute Gasteiger partial charge is 0.487 e. The minimum atomic E-state index is -0.431. The molecule has 0 aliphatic heterocycles. The molecular formula is C24H22N2O3. The second kappa shape index (κ2) is 9.90. The Bertz CT molecular complexity index is 999. The zero-order valence-electron chi connectivity index (χ0n) is 16.1. The van der Waals surface area contributed by atoms with Gasteiger partial charge in [-0.15, -0.1) is 0 Å². The molecule has 29 heavy (non-hydrogen) atoms. The Kier molecular flexibility index (Phi) is 6.79. The fraction of sp³-hybridized carbons (Fsp3) is 0.0833. The van der Waals surface area contributed by atoms with Crippen LogP contribution in [0, 0.1) is 0 Å². The number of anilines is 1. The number of carbonyl (C=O) groups excluding carboxylic acids is 2. The van der Waals surface area contributed by atoms with E-state index in [1.54, 1.807) is 18.2 Å². The van der Waals surface area contributed by atoms with Crippen LogP contribution >= 0.6 is 0 Å². The van der Waals surface area contributed by atoms with Gasteiger partial charge in [-0.3, -0.25) is 9.59 Å². The van der Waals surface area contributed by atoms with Crippen LogP contribution in [0.5, 0.6) is 5.75 Å². The Morgan fingerprint density at radius 2 is 1.48 bits per heavy atom. The third kappa shape index (κ3) is 6.07. The molecule has 0 saturated heterocycles. The fourth-order valence-electron chi connectivity index (χ4n) is 2.68. The van der Waals surface area contributed by atoms with E-state index in [4.69, 9.17) is 4.74 Å².